The van der Waals surface area contributed by atoms with Gasteiger partial charge >= 0.3 is 0 Å². The van der Waals surface area contributed by atoms with Crippen molar-refractivity contribution in [1.82, 2.24) is 4.98 Å². The summed E-state index contributed by atoms with van der Waals surface area (Å²) in [6.45, 7) is 7.54. The molecule has 3 heteroatoms. The molecule has 0 saturated carbocycles. The van der Waals surface area contributed by atoms with Crippen LogP contribution in [0.15, 0.2) is 36.4 Å². The van der Waals surface area contributed by atoms with Gasteiger partial charge in [-0.3, -0.25) is 0 Å². The second-order valence-corrected chi connectivity index (χ2v) is 7.81. The summed E-state index contributed by atoms with van der Waals surface area (Å²) in [6.07, 6.45) is 5.19. The molecule has 1 aliphatic rings. The first-order valence-corrected chi connectivity index (χ1v) is 10.6. The number of aryl methyl sites for hydroxylation is 1. The van der Waals surface area contributed by atoms with Crippen LogP contribution < -0.4 is 4.74 Å². The SMILES string of the molecule is CCCC1(CC)OCCc2c1[nH]c1c(CC)cc(-c3ccc(OC)cc3)cc21. The van der Waals surface area contributed by atoms with E-state index in [0.717, 1.165) is 44.5 Å². The minimum Gasteiger partial charge on any atom is -0.497 e. The number of hydrogen-bond donors (Lipinski definition) is 1. The Balaban J connectivity index is 1.90. The highest BCUT2D eigenvalue weighted by molar-refractivity contribution is 5.92. The van der Waals surface area contributed by atoms with Crippen molar-refractivity contribution < 1.29 is 9.47 Å². The summed E-state index contributed by atoms with van der Waals surface area (Å²) in [5, 5.41) is 1.37. The van der Waals surface area contributed by atoms with Gasteiger partial charge in [0.25, 0.3) is 0 Å². The van der Waals surface area contributed by atoms with E-state index in [0.29, 0.717) is 0 Å². The van der Waals surface area contributed by atoms with E-state index >= 15 is 0 Å². The van der Waals surface area contributed by atoms with Crippen molar-refractivity contribution >= 4 is 10.9 Å². The van der Waals surface area contributed by atoms with Gasteiger partial charge in [0.05, 0.1) is 19.4 Å². The predicted molar refractivity (Wildman–Crippen MR) is 116 cm³/mol. The zero-order chi connectivity index (χ0) is 19.7. The maximum Gasteiger partial charge on any atom is 0.118 e. The van der Waals surface area contributed by atoms with Crippen molar-refractivity contribution in [2.45, 2.75) is 58.5 Å². The molecule has 0 spiro atoms. The lowest BCUT2D eigenvalue weighted by molar-refractivity contribution is -0.0723. The van der Waals surface area contributed by atoms with Gasteiger partial charge in [0.2, 0.25) is 0 Å². The van der Waals surface area contributed by atoms with Crippen LogP contribution in [0.1, 0.15) is 56.9 Å². The van der Waals surface area contributed by atoms with E-state index in [1.807, 2.05) is 12.1 Å². The molecule has 0 fully saturated rings. The van der Waals surface area contributed by atoms with Crippen LogP contribution in [0.2, 0.25) is 0 Å². The average molecular weight is 378 g/mol. The fourth-order valence-corrected chi connectivity index (χ4v) is 4.78. The summed E-state index contributed by atoms with van der Waals surface area (Å²) in [6, 6.07) is 13.1. The van der Waals surface area contributed by atoms with Crippen LogP contribution in [-0.2, 0) is 23.2 Å². The smallest absolute Gasteiger partial charge is 0.118 e. The topological polar surface area (TPSA) is 34.2 Å². The molecule has 4 rings (SSSR count). The predicted octanol–water partition coefficient (Wildman–Crippen LogP) is 6.38. The molecular weight excluding hydrogens is 346 g/mol. The van der Waals surface area contributed by atoms with Crippen molar-refractivity contribution in [2.75, 3.05) is 13.7 Å². The lowest BCUT2D eigenvalue weighted by atomic mass is 9.85. The minimum absolute atomic E-state index is 0.160. The number of benzene rings is 2. The second-order valence-electron chi connectivity index (χ2n) is 7.81. The lowest BCUT2D eigenvalue weighted by Crippen LogP contribution is -2.35. The fourth-order valence-electron chi connectivity index (χ4n) is 4.78. The maximum atomic E-state index is 6.38. The van der Waals surface area contributed by atoms with E-state index in [9.17, 15) is 0 Å². The molecule has 1 N–H and O–H groups in total. The molecule has 0 radical (unpaired) electrons. The highest BCUT2D eigenvalue weighted by atomic mass is 16.5. The molecule has 1 atom stereocenters. The first kappa shape index (κ1) is 19.1. The molecule has 0 bridgehead atoms. The summed E-state index contributed by atoms with van der Waals surface area (Å²) in [7, 11) is 1.71. The van der Waals surface area contributed by atoms with Crippen LogP contribution in [-0.4, -0.2) is 18.7 Å². The van der Waals surface area contributed by atoms with Crippen molar-refractivity contribution in [2.24, 2.45) is 0 Å². The molecule has 148 valence electrons. The molecule has 1 aliphatic heterocycles. The summed E-state index contributed by atoms with van der Waals surface area (Å²) in [4.78, 5) is 3.81. The number of aromatic amines is 1. The van der Waals surface area contributed by atoms with Crippen molar-refractivity contribution in [3.63, 3.8) is 0 Å². The summed E-state index contributed by atoms with van der Waals surface area (Å²) >= 11 is 0. The molecule has 3 nitrogen and oxygen atoms in total. The Morgan fingerprint density at radius 2 is 1.86 bits per heavy atom. The molecule has 28 heavy (non-hydrogen) atoms. The third kappa shape index (κ3) is 3.02. The average Bonchev–Trinajstić information content (AvgIpc) is 3.13. The Labute approximate surface area is 168 Å². The van der Waals surface area contributed by atoms with Gasteiger partial charge in [-0.05, 0) is 72.2 Å². The van der Waals surface area contributed by atoms with Crippen LogP contribution >= 0.6 is 0 Å². The number of nitrogens with one attached hydrogen (secondary N) is 1. The largest absolute Gasteiger partial charge is 0.497 e. The first-order chi connectivity index (χ1) is 13.7. The maximum absolute atomic E-state index is 6.38. The Morgan fingerprint density at radius 1 is 1.07 bits per heavy atom. The number of H-pyrrole nitrogens is 1. The van der Waals surface area contributed by atoms with E-state index in [-0.39, 0.29) is 5.60 Å². The highest BCUT2D eigenvalue weighted by Gasteiger charge is 2.38. The Bertz CT molecular complexity index is 970. The Morgan fingerprint density at radius 3 is 2.50 bits per heavy atom. The summed E-state index contributed by atoms with van der Waals surface area (Å²) in [5.41, 5.74) is 7.80. The van der Waals surface area contributed by atoms with Gasteiger partial charge in [0.15, 0.2) is 0 Å². The van der Waals surface area contributed by atoms with Gasteiger partial charge in [-0.25, -0.2) is 0 Å². The standard InChI is InChI=1S/C25H31NO2/c1-5-13-25(7-3)24-21(12-14-28-25)22-16-19(15-17(6-2)23(22)26-24)18-8-10-20(27-4)11-9-18/h8-11,15-16,26H,5-7,12-14H2,1-4H3. The monoisotopic (exact) mass is 377 g/mol. The number of rotatable bonds is 6. The van der Waals surface area contributed by atoms with E-state index in [2.05, 4.69) is 50.0 Å². The van der Waals surface area contributed by atoms with E-state index in [4.69, 9.17) is 9.47 Å². The van der Waals surface area contributed by atoms with Crippen LogP contribution in [0.3, 0.4) is 0 Å². The van der Waals surface area contributed by atoms with Crippen molar-refractivity contribution in [3.05, 3.63) is 53.2 Å². The fraction of sp³-hybridized carbons (Fsp3) is 0.440. The molecule has 2 heterocycles. The van der Waals surface area contributed by atoms with Crippen LogP contribution in [0.25, 0.3) is 22.0 Å². The molecule has 3 aromatic rings. The second kappa shape index (κ2) is 7.63. The highest BCUT2D eigenvalue weighted by Crippen LogP contribution is 2.43. The van der Waals surface area contributed by atoms with Crippen molar-refractivity contribution in [1.29, 1.82) is 0 Å². The molecule has 1 unspecified atom stereocenters. The van der Waals surface area contributed by atoms with Crippen LogP contribution in [0, 0.1) is 0 Å². The normalized spacial score (nSPS) is 19.0. The van der Waals surface area contributed by atoms with Gasteiger partial charge in [-0.2, -0.15) is 0 Å². The Hall–Kier alpha value is -2.26. The number of methoxy groups -OCH3 is 1. The van der Waals surface area contributed by atoms with E-state index in [1.165, 1.54) is 38.9 Å². The number of fused-ring (bicyclic) bond motifs is 3. The summed E-state index contributed by atoms with van der Waals surface area (Å²) in [5.74, 6) is 0.893. The first-order valence-electron chi connectivity index (χ1n) is 10.6. The van der Waals surface area contributed by atoms with Gasteiger partial charge in [-0.1, -0.05) is 39.3 Å². The molecule has 2 aromatic carbocycles. The van der Waals surface area contributed by atoms with Gasteiger partial charge in [0.1, 0.15) is 11.4 Å². The lowest BCUT2D eigenvalue weighted by Gasteiger charge is -2.36. The van der Waals surface area contributed by atoms with Crippen LogP contribution in [0.5, 0.6) is 5.75 Å². The third-order valence-electron chi connectivity index (χ3n) is 6.31. The van der Waals surface area contributed by atoms with Gasteiger partial charge < -0.3 is 14.5 Å². The van der Waals surface area contributed by atoms with E-state index in [1.54, 1.807) is 7.11 Å². The zero-order valence-electron chi connectivity index (χ0n) is 17.5. The molecule has 1 aromatic heterocycles. The van der Waals surface area contributed by atoms with Crippen molar-refractivity contribution in [3.8, 4) is 16.9 Å². The minimum atomic E-state index is -0.160. The van der Waals surface area contributed by atoms with Crippen LogP contribution in [0.4, 0.5) is 0 Å². The Kier molecular flexibility index (Phi) is 5.20. The third-order valence-corrected chi connectivity index (χ3v) is 6.31. The van der Waals surface area contributed by atoms with Gasteiger partial charge in [-0.15, -0.1) is 0 Å². The number of ether oxygens (including phenoxy) is 2. The summed E-state index contributed by atoms with van der Waals surface area (Å²) < 4.78 is 11.7. The van der Waals surface area contributed by atoms with E-state index < -0.39 is 0 Å². The molecular formula is C25H31NO2. The van der Waals surface area contributed by atoms with Gasteiger partial charge in [0, 0.05) is 10.9 Å². The zero-order valence-corrected chi connectivity index (χ0v) is 17.5. The number of aromatic nitrogens is 1. The molecule has 0 amide bonds. The quantitative estimate of drug-likeness (QED) is 0.540. The molecule has 0 aliphatic carbocycles. The number of hydrogen-bond acceptors (Lipinski definition) is 2. The molecule has 0 saturated heterocycles.